The number of amides is 1. The number of carbonyl (C=O) groups excluding carboxylic acids is 1. The SMILES string of the molecule is O=C(Nc1ccc(S(=O)(=O)Nc2ccc(Cl)nn2)cc1)c1ccc(Cl)cc1. The molecule has 0 aliphatic heterocycles. The molecule has 0 saturated carbocycles. The maximum atomic E-state index is 12.4. The lowest BCUT2D eigenvalue weighted by atomic mass is 10.2. The Morgan fingerprint density at radius 3 is 2.11 bits per heavy atom. The molecule has 0 aliphatic carbocycles. The number of benzene rings is 2. The number of sulfonamides is 1. The fraction of sp³-hybridized carbons (Fsp3) is 0. The summed E-state index contributed by atoms with van der Waals surface area (Å²) in [6.45, 7) is 0. The number of aromatic nitrogens is 2. The minimum atomic E-state index is -3.85. The summed E-state index contributed by atoms with van der Waals surface area (Å²) in [5, 5.41) is 10.6. The molecular weight excluding hydrogens is 411 g/mol. The lowest BCUT2D eigenvalue weighted by Crippen LogP contribution is -2.15. The van der Waals surface area contributed by atoms with Crippen molar-refractivity contribution in [2.75, 3.05) is 10.0 Å². The van der Waals surface area contributed by atoms with Gasteiger partial charge in [-0.2, -0.15) is 0 Å². The highest BCUT2D eigenvalue weighted by Gasteiger charge is 2.15. The van der Waals surface area contributed by atoms with Gasteiger partial charge < -0.3 is 5.32 Å². The normalized spacial score (nSPS) is 11.0. The third-order valence-corrected chi connectivity index (χ3v) is 5.22. The largest absolute Gasteiger partial charge is 0.322 e. The minimum Gasteiger partial charge on any atom is -0.322 e. The Morgan fingerprint density at radius 2 is 1.52 bits per heavy atom. The zero-order valence-electron chi connectivity index (χ0n) is 13.6. The molecule has 0 aliphatic rings. The van der Waals surface area contributed by atoms with Gasteiger partial charge in [-0.3, -0.25) is 9.52 Å². The molecule has 0 radical (unpaired) electrons. The van der Waals surface area contributed by atoms with E-state index in [0.717, 1.165) is 0 Å². The van der Waals surface area contributed by atoms with Crippen LogP contribution in [0.5, 0.6) is 0 Å². The second kappa shape index (κ2) is 7.91. The quantitative estimate of drug-likeness (QED) is 0.650. The van der Waals surface area contributed by atoms with E-state index in [2.05, 4.69) is 20.2 Å². The molecule has 0 fully saturated rings. The molecule has 0 spiro atoms. The van der Waals surface area contributed by atoms with Gasteiger partial charge in [0.15, 0.2) is 11.0 Å². The van der Waals surface area contributed by atoms with Crippen molar-refractivity contribution in [2.45, 2.75) is 4.90 Å². The number of carbonyl (C=O) groups is 1. The molecule has 3 rings (SSSR count). The molecule has 1 heterocycles. The first-order valence-corrected chi connectivity index (χ1v) is 9.76. The molecule has 10 heteroatoms. The van der Waals surface area contributed by atoms with Crippen molar-refractivity contribution in [3.05, 3.63) is 76.4 Å². The fourth-order valence-corrected chi connectivity index (χ4v) is 3.31. The second-order valence-corrected chi connectivity index (χ2v) is 7.84. The van der Waals surface area contributed by atoms with Gasteiger partial charge in [0.05, 0.1) is 4.90 Å². The van der Waals surface area contributed by atoms with E-state index in [-0.39, 0.29) is 21.8 Å². The number of anilines is 2. The molecule has 0 unspecified atom stereocenters. The van der Waals surface area contributed by atoms with Crippen LogP contribution in [0.1, 0.15) is 10.4 Å². The molecule has 2 aromatic carbocycles. The van der Waals surface area contributed by atoms with E-state index in [1.807, 2.05) is 0 Å². The number of nitrogens with one attached hydrogen (secondary N) is 2. The highest BCUT2D eigenvalue weighted by Crippen LogP contribution is 2.18. The van der Waals surface area contributed by atoms with Crippen molar-refractivity contribution >= 4 is 50.6 Å². The van der Waals surface area contributed by atoms with Gasteiger partial charge in [0.25, 0.3) is 15.9 Å². The molecule has 1 amide bonds. The zero-order valence-corrected chi connectivity index (χ0v) is 15.9. The van der Waals surface area contributed by atoms with Gasteiger partial charge in [0.1, 0.15) is 0 Å². The molecular formula is C17H12Cl2N4O3S. The smallest absolute Gasteiger partial charge is 0.263 e. The van der Waals surface area contributed by atoms with Crippen LogP contribution in [-0.4, -0.2) is 24.5 Å². The highest BCUT2D eigenvalue weighted by molar-refractivity contribution is 7.92. The second-order valence-electron chi connectivity index (χ2n) is 5.33. The van der Waals surface area contributed by atoms with Crippen molar-refractivity contribution in [1.29, 1.82) is 0 Å². The summed E-state index contributed by atoms with van der Waals surface area (Å²) in [6.07, 6.45) is 0. The summed E-state index contributed by atoms with van der Waals surface area (Å²) in [6, 6.07) is 14.9. The highest BCUT2D eigenvalue weighted by atomic mass is 35.5. The van der Waals surface area contributed by atoms with Crippen LogP contribution < -0.4 is 10.0 Å². The molecule has 2 N–H and O–H groups in total. The van der Waals surface area contributed by atoms with Crippen LogP contribution >= 0.6 is 23.2 Å². The minimum absolute atomic E-state index is 0.00346. The Labute approximate surface area is 165 Å². The maximum Gasteiger partial charge on any atom is 0.263 e. The number of hydrogen-bond acceptors (Lipinski definition) is 5. The first-order chi connectivity index (χ1) is 12.8. The van der Waals surface area contributed by atoms with Gasteiger partial charge >= 0.3 is 0 Å². The molecule has 7 nitrogen and oxygen atoms in total. The lowest BCUT2D eigenvalue weighted by Gasteiger charge is -2.09. The molecule has 3 aromatic rings. The summed E-state index contributed by atoms with van der Waals surface area (Å²) in [5.41, 5.74) is 0.874. The van der Waals surface area contributed by atoms with E-state index < -0.39 is 10.0 Å². The molecule has 0 saturated heterocycles. The molecule has 0 atom stereocenters. The molecule has 1 aromatic heterocycles. The first kappa shape index (κ1) is 19.1. The van der Waals surface area contributed by atoms with Gasteiger partial charge in [0.2, 0.25) is 0 Å². The average molecular weight is 423 g/mol. The van der Waals surface area contributed by atoms with Crippen molar-refractivity contribution in [3.63, 3.8) is 0 Å². The number of nitrogens with zero attached hydrogens (tertiary/aromatic N) is 2. The van der Waals surface area contributed by atoms with E-state index in [1.165, 1.54) is 36.4 Å². The van der Waals surface area contributed by atoms with Crippen molar-refractivity contribution in [3.8, 4) is 0 Å². The van der Waals surface area contributed by atoms with Gasteiger partial charge in [-0.05, 0) is 60.7 Å². The van der Waals surface area contributed by atoms with Crippen LogP contribution in [0, 0.1) is 0 Å². The summed E-state index contributed by atoms with van der Waals surface area (Å²) in [7, 11) is -3.85. The summed E-state index contributed by atoms with van der Waals surface area (Å²) in [5.74, 6) is -0.295. The van der Waals surface area contributed by atoms with E-state index in [1.54, 1.807) is 24.3 Å². The summed E-state index contributed by atoms with van der Waals surface area (Å²) >= 11 is 11.4. The number of rotatable bonds is 5. The molecule has 0 bridgehead atoms. The number of halogens is 2. The third kappa shape index (κ3) is 4.94. The third-order valence-electron chi connectivity index (χ3n) is 3.40. The first-order valence-electron chi connectivity index (χ1n) is 7.52. The summed E-state index contributed by atoms with van der Waals surface area (Å²) in [4.78, 5) is 12.2. The van der Waals surface area contributed by atoms with Crippen LogP contribution in [0.3, 0.4) is 0 Å². The van der Waals surface area contributed by atoms with E-state index in [0.29, 0.717) is 16.3 Å². The van der Waals surface area contributed by atoms with Gasteiger partial charge in [-0.15, -0.1) is 10.2 Å². The predicted molar refractivity (Wildman–Crippen MR) is 104 cm³/mol. The maximum absolute atomic E-state index is 12.4. The standard InChI is InChI=1S/C17H12Cl2N4O3S/c18-12-3-1-11(2-4-12)17(24)20-13-5-7-14(8-6-13)27(25,26)23-16-10-9-15(19)21-22-16/h1-10H,(H,20,24)(H,22,23). The van der Waals surface area contributed by atoms with Crippen LogP contribution in [0.25, 0.3) is 0 Å². The van der Waals surface area contributed by atoms with Crippen LogP contribution in [0.2, 0.25) is 10.2 Å². The van der Waals surface area contributed by atoms with Crippen molar-refractivity contribution < 1.29 is 13.2 Å². The van der Waals surface area contributed by atoms with E-state index in [4.69, 9.17) is 23.2 Å². The van der Waals surface area contributed by atoms with Gasteiger partial charge in [0, 0.05) is 16.3 Å². The number of hydrogen-bond donors (Lipinski definition) is 2. The van der Waals surface area contributed by atoms with E-state index >= 15 is 0 Å². The van der Waals surface area contributed by atoms with Crippen molar-refractivity contribution in [2.24, 2.45) is 0 Å². The monoisotopic (exact) mass is 422 g/mol. The Hall–Kier alpha value is -2.68. The van der Waals surface area contributed by atoms with Gasteiger partial charge in [-0.1, -0.05) is 23.2 Å². The lowest BCUT2D eigenvalue weighted by molar-refractivity contribution is 0.102. The average Bonchev–Trinajstić information content (AvgIpc) is 2.64. The Kier molecular flexibility index (Phi) is 5.59. The Morgan fingerprint density at radius 1 is 0.852 bits per heavy atom. The van der Waals surface area contributed by atoms with Gasteiger partial charge in [-0.25, -0.2) is 8.42 Å². The molecule has 27 heavy (non-hydrogen) atoms. The zero-order chi connectivity index (χ0) is 19.4. The van der Waals surface area contributed by atoms with Crippen molar-refractivity contribution in [1.82, 2.24) is 10.2 Å². The van der Waals surface area contributed by atoms with Crippen LogP contribution in [0.15, 0.2) is 65.6 Å². The van der Waals surface area contributed by atoms with Crippen LogP contribution in [0.4, 0.5) is 11.5 Å². The Balaban J connectivity index is 1.71. The van der Waals surface area contributed by atoms with Crippen LogP contribution in [-0.2, 0) is 10.0 Å². The topological polar surface area (TPSA) is 101 Å². The predicted octanol–water partition coefficient (Wildman–Crippen LogP) is 3.84. The van der Waals surface area contributed by atoms with E-state index in [9.17, 15) is 13.2 Å². The summed E-state index contributed by atoms with van der Waals surface area (Å²) < 4.78 is 27.0. The Bertz CT molecular complexity index is 1050. The fourth-order valence-electron chi connectivity index (χ4n) is 2.09. The molecule has 138 valence electrons.